The number of nitrogens with one attached hydrogen (secondary N) is 1. The molecule has 1 rings (SSSR count). The molecule has 2 amide bonds. The SMILES string of the molecule is CC[C@@H](SC(N)=O)C(=O)Nc1ccc(C(C)=O)cc1. The molecule has 0 aliphatic carbocycles. The largest absolute Gasteiger partial charge is 0.360 e. The molecule has 1 aromatic rings. The molecule has 0 fully saturated rings. The van der Waals surface area contributed by atoms with Crippen molar-refractivity contribution in [1.29, 1.82) is 0 Å². The van der Waals surface area contributed by atoms with E-state index in [0.29, 0.717) is 17.7 Å². The summed E-state index contributed by atoms with van der Waals surface area (Å²) in [6.45, 7) is 3.28. The molecule has 5 nitrogen and oxygen atoms in total. The van der Waals surface area contributed by atoms with Crippen LogP contribution >= 0.6 is 11.8 Å². The second kappa shape index (κ2) is 6.94. The third kappa shape index (κ3) is 4.75. The van der Waals surface area contributed by atoms with Crippen molar-refractivity contribution >= 4 is 34.4 Å². The zero-order valence-electron chi connectivity index (χ0n) is 10.8. The zero-order valence-corrected chi connectivity index (χ0v) is 11.6. The van der Waals surface area contributed by atoms with Gasteiger partial charge < -0.3 is 11.1 Å². The summed E-state index contributed by atoms with van der Waals surface area (Å²) in [7, 11) is 0. The normalized spacial score (nSPS) is 11.7. The predicted molar refractivity (Wildman–Crippen MR) is 76.3 cm³/mol. The lowest BCUT2D eigenvalue weighted by atomic mass is 10.1. The second-order valence-corrected chi connectivity index (χ2v) is 5.16. The van der Waals surface area contributed by atoms with Crippen LogP contribution < -0.4 is 11.1 Å². The first-order valence-corrected chi connectivity index (χ1v) is 6.70. The molecule has 6 heteroatoms. The van der Waals surface area contributed by atoms with Crippen LogP contribution in [0.5, 0.6) is 0 Å². The van der Waals surface area contributed by atoms with Crippen LogP contribution in [0, 0.1) is 0 Å². The van der Waals surface area contributed by atoms with Crippen LogP contribution in [-0.2, 0) is 4.79 Å². The summed E-state index contributed by atoms with van der Waals surface area (Å²) < 4.78 is 0. The highest BCUT2D eigenvalue weighted by Crippen LogP contribution is 2.17. The van der Waals surface area contributed by atoms with Crippen LogP contribution in [0.3, 0.4) is 0 Å². The predicted octanol–water partition coefficient (Wildman–Crippen LogP) is 2.42. The molecule has 0 spiro atoms. The molecule has 0 heterocycles. The molecule has 1 atom stereocenters. The van der Waals surface area contributed by atoms with Crippen molar-refractivity contribution < 1.29 is 14.4 Å². The number of anilines is 1. The molecule has 3 N–H and O–H groups in total. The van der Waals surface area contributed by atoms with Gasteiger partial charge in [0, 0.05) is 11.3 Å². The molecular formula is C13H16N2O3S. The van der Waals surface area contributed by atoms with Gasteiger partial charge in [0.05, 0.1) is 5.25 Å². The lowest BCUT2D eigenvalue weighted by molar-refractivity contribution is -0.115. The second-order valence-electron chi connectivity index (χ2n) is 3.96. The van der Waals surface area contributed by atoms with E-state index in [9.17, 15) is 14.4 Å². The lowest BCUT2D eigenvalue weighted by Crippen LogP contribution is -2.27. The standard InChI is InChI=1S/C13H16N2O3S/c1-3-11(19-13(14)18)12(17)15-10-6-4-9(5-7-10)8(2)16/h4-7,11H,3H2,1-2H3,(H2,14,18)(H,15,17)/t11-/m1/s1. The minimum absolute atomic E-state index is 0.0337. The maximum absolute atomic E-state index is 11.9. The summed E-state index contributed by atoms with van der Waals surface area (Å²) in [5.74, 6) is -0.310. The average Bonchev–Trinajstić information content (AvgIpc) is 2.36. The van der Waals surface area contributed by atoms with Crippen molar-refractivity contribution in [1.82, 2.24) is 0 Å². The highest BCUT2D eigenvalue weighted by Gasteiger charge is 2.19. The molecule has 19 heavy (non-hydrogen) atoms. The van der Waals surface area contributed by atoms with Crippen LogP contribution in [0.1, 0.15) is 30.6 Å². The summed E-state index contributed by atoms with van der Waals surface area (Å²) >= 11 is 0.808. The topological polar surface area (TPSA) is 89.3 Å². The van der Waals surface area contributed by atoms with Crippen LogP contribution in [0.15, 0.2) is 24.3 Å². The van der Waals surface area contributed by atoms with E-state index < -0.39 is 10.5 Å². The number of carbonyl (C=O) groups is 3. The van der Waals surface area contributed by atoms with E-state index in [-0.39, 0.29) is 11.7 Å². The Hall–Kier alpha value is -1.82. The van der Waals surface area contributed by atoms with Gasteiger partial charge in [0.25, 0.3) is 5.24 Å². The maximum Gasteiger partial charge on any atom is 0.277 e. The van der Waals surface area contributed by atoms with Gasteiger partial charge >= 0.3 is 0 Å². The highest BCUT2D eigenvalue weighted by atomic mass is 32.2. The van der Waals surface area contributed by atoms with Gasteiger partial charge in [0.2, 0.25) is 5.91 Å². The van der Waals surface area contributed by atoms with Crippen LogP contribution in [0.4, 0.5) is 10.5 Å². The Morgan fingerprint density at radius 2 is 1.84 bits per heavy atom. The van der Waals surface area contributed by atoms with Gasteiger partial charge in [-0.2, -0.15) is 0 Å². The number of thioether (sulfide) groups is 1. The van der Waals surface area contributed by atoms with Crippen molar-refractivity contribution in [2.75, 3.05) is 5.32 Å². The third-order valence-corrected chi connectivity index (χ3v) is 3.54. The number of primary amides is 1. The van der Waals surface area contributed by atoms with Crippen molar-refractivity contribution in [3.8, 4) is 0 Å². The molecule has 0 radical (unpaired) electrons. The Bertz CT molecular complexity index is 485. The van der Waals surface area contributed by atoms with Gasteiger partial charge in [0.1, 0.15) is 0 Å². The van der Waals surface area contributed by atoms with Gasteiger partial charge in [-0.3, -0.25) is 14.4 Å². The number of hydrogen-bond donors (Lipinski definition) is 2. The first kappa shape index (κ1) is 15.2. The maximum atomic E-state index is 11.9. The van der Waals surface area contributed by atoms with Gasteiger partial charge in [-0.05, 0) is 37.6 Å². The van der Waals surface area contributed by atoms with Gasteiger partial charge in [-0.15, -0.1) is 0 Å². The van der Waals surface area contributed by atoms with E-state index in [1.807, 2.05) is 0 Å². The summed E-state index contributed by atoms with van der Waals surface area (Å²) in [6.07, 6.45) is 0.505. The Morgan fingerprint density at radius 1 is 1.26 bits per heavy atom. The van der Waals surface area contributed by atoms with E-state index >= 15 is 0 Å². The number of hydrogen-bond acceptors (Lipinski definition) is 4. The van der Waals surface area contributed by atoms with Crippen molar-refractivity contribution in [2.45, 2.75) is 25.5 Å². The minimum Gasteiger partial charge on any atom is -0.360 e. The lowest BCUT2D eigenvalue weighted by Gasteiger charge is -2.12. The first-order valence-electron chi connectivity index (χ1n) is 5.82. The van der Waals surface area contributed by atoms with Gasteiger partial charge in [-0.1, -0.05) is 18.7 Å². The van der Waals surface area contributed by atoms with Gasteiger partial charge in [0.15, 0.2) is 5.78 Å². The Morgan fingerprint density at radius 3 is 2.26 bits per heavy atom. The molecule has 0 bridgehead atoms. The number of rotatable bonds is 5. The molecule has 0 saturated carbocycles. The van der Waals surface area contributed by atoms with Crippen LogP contribution in [0.25, 0.3) is 0 Å². The molecule has 1 aromatic carbocycles. The number of nitrogens with two attached hydrogens (primary N) is 1. The fourth-order valence-electron chi connectivity index (χ4n) is 1.47. The zero-order chi connectivity index (χ0) is 14.4. The number of benzene rings is 1. The van der Waals surface area contributed by atoms with Gasteiger partial charge in [-0.25, -0.2) is 0 Å². The Kier molecular flexibility index (Phi) is 5.57. The third-order valence-electron chi connectivity index (χ3n) is 2.48. The number of Topliss-reactive ketones (excluding diaryl/α,β-unsaturated/α-hetero) is 1. The monoisotopic (exact) mass is 280 g/mol. The average molecular weight is 280 g/mol. The summed E-state index contributed by atoms with van der Waals surface area (Å²) in [5.41, 5.74) is 6.22. The Balaban J connectivity index is 2.70. The smallest absolute Gasteiger partial charge is 0.277 e. The van der Waals surface area contributed by atoms with Crippen molar-refractivity contribution in [2.24, 2.45) is 5.73 Å². The van der Waals surface area contributed by atoms with Crippen molar-refractivity contribution in [3.05, 3.63) is 29.8 Å². The fraction of sp³-hybridized carbons (Fsp3) is 0.308. The summed E-state index contributed by atoms with van der Waals surface area (Å²) in [4.78, 5) is 33.8. The van der Waals surface area contributed by atoms with E-state index in [4.69, 9.17) is 5.73 Å². The van der Waals surface area contributed by atoms with Crippen molar-refractivity contribution in [3.63, 3.8) is 0 Å². The molecular weight excluding hydrogens is 264 g/mol. The van der Waals surface area contributed by atoms with Crippen LogP contribution in [0.2, 0.25) is 0 Å². The first-order chi connectivity index (χ1) is 8.93. The number of amides is 2. The highest BCUT2D eigenvalue weighted by molar-refractivity contribution is 8.14. The Labute approximate surface area is 115 Å². The van der Waals surface area contributed by atoms with E-state index in [1.54, 1.807) is 31.2 Å². The molecule has 0 aliphatic heterocycles. The number of ketones is 1. The number of carbonyl (C=O) groups excluding carboxylic acids is 3. The van der Waals surface area contributed by atoms with E-state index in [1.165, 1.54) is 6.92 Å². The summed E-state index contributed by atoms with van der Waals surface area (Å²) in [5, 5.41) is 1.60. The molecule has 0 aliphatic rings. The molecule has 0 unspecified atom stereocenters. The molecule has 102 valence electrons. The minimum atomic E-state index is -0.575. The van der Waals surface area contributed by atoms with E-state index in [2.05, 4.69) is 5.32 Å². The summed E-state index contributed by atoms with van der Waals surface area (Å²) in [6, 6.07) is 6.58. The quantitative estimate of drug-likeness (QED) is 0.810. The van der Waals surface area contributed by atoms with E-state index in [0.717, 1.165) is 11.8 Å². The molecule has 0 saturated heterocycles. The van der Waals surface area contributed by atoms with Crippen LogP contribution in [-0.4, -0.2) is 22.2 Å². The molecule has 0 aromatic heterocycles. The fourth-order valence-corrected chi connectivity index (χ4v) is 2.09.